The molecule has 0 saturated carbocycles. The molecular weight excluding hydrogens is 397 g/mol. The minimum Gasteiger partial charge on any atom is -0.489 e. The number of furan rings is 1. The molecule has 4 rings (SSSR count). The summed E-state index contributed by atoms with van der Waals surface area (Å²) in [5.74, 6) is -0.799. The van der Waals surface area contributed by atoms with Crippen molar-refractivity contribution in [1.29, 1.82) is 0 Å². The van der Waals surface area contributed by atoms with Crippen LogP contribution >= 0.6 is 0 Å². The molecule has 0 aliphatic heterocycles. The number of fused-ring (bicyclic) bond motifs is 1. The van der Waals surface area contributed by atoms with E-state index in [0.717, 1.165) is 10.9 Å². The average Bonchev–Trinajstić information content (AvgIpc) is 3.21. The molecular formula is C25H22FNO4. The molecule has 0 aliphatic carbocycles. The number of ether oxygens (including phenoxy) is 1. The lowest BCUT2D eigenvalue weighted by atomic mass is 9.96. The van der Waals surface area contributed by atoms with Gasteiger partial charge in [-0.1, -0.05) is 36.4 Å². The third-order valence-corrected chi connectivity index (χ3v) is 5.13. The van der Waals surface area contributed by atoms with Gasteiger partial charge >= 0.3 is 5.97 Å². The second kappa shape index (κ2) is 8.62. The molecule has 5 nitrogen and oxygen atoms in total. The van der Waals surface area contributed by atoms with Crippen molar-refractivity contribution in [3.8, 4) is 16.9 Å². The van der Waals surface area contributed by atoms with Crippen LogP contribution in [-0.2, 0) is 17.8 Å². The van der Waals surface area contributed by atoms with Gasteiger partial charge in [0.2, 0.25) is 0 Å². The Morgan fingerprint density at radius 1 is 1.13 bits per heavy atom. The largest absolute Gasteiger partial charge is 0.489 e. The van der Waals surface area contributed by atoms with E-state index in [0.29, 0.717) is 33.6 Å². The van der Waals surface area contributed by atoms with Gasteiger partial charge in [0, 0.05) is 33.7 Å². The first-order chi connectivity index (χ1) is 14.9. The standard InChI is InChI=1S/C25H22FNO4/c1-15(27)19-6-4-7-20(24(19)26)21-12-16(11-18-9-10-30-25(18)21)14-31-22-8-3-2-5-17(22)13-23(28)29/h2-12,15H,13-14,27H2,1H3,(H,28,29). The smallest absolute Gasteiger partial charge is 0.307 e. The van der Waals surface area contributed by atoms with Crippen LogP contribution in [0.5, 0.6) is 5.75 Å². The Bertz CT molecular complexity index is 1250. The molecule has 0 fully saturated rings. The summed E-state index contributed by atoms with van der Waals surface area (Å²) in [6, 6.07) is 17.3. The number of halogens is 1. The summed E-state index contributed by atoms with van der Waals surface area (Å²) >= 11 is 0. The van der Waals surface area contributed by atoms with Crippen molar-refractivity contribution in [3.63, 3.8) is 0 Å². The van der Waals surface area contributed by atoms with Crippen molar-refractivity contribution < 1.29 is 23.4 Å². The van der Waals surface area contributed by atoms with Gasteiger partial charge in [-0.3, -0.25) is 4.79 Å². The van der Waals surface area contributed by atoms with Gasteiger partial charge in [-0.15, -0.1) is 0 Å². The molecule has 0 amide bonds. The first kappa shape index (κ1) is 20.6. The molecule has 1 heterocycles. The maximum Gasteiger partial charge on any atom is 0.307 e. The van der Waals surface area contributed by atoms with Crippen LogP contribution in [0.2, 0.25) is 0 Å². The van der Waals surface area contributed by atoms with Crippen LogP contribution in [0.4, 0.5) is 4.39 Å². The molecule has 0 spiro atoms. The first-order valence-electron chi connectivity index (χ1n) is 9.91. The highest BCUT2D eigenvalue weighted by Crippen LogP contribution is 2.35. The van der Waals surface area contributed by atoms with Crippen molar-refractivity contribution in [2.24, 2.45) is 5.73 Å². The summed E-state index contributed by atoms with van der Waals surface area (Å²) in [5, 5.41) is 9.93. The number of carboxylic acid groups (broad SMARTS) is 1. The summed E-state index contributed by atoms with van der Waals surface area (Å²) in [7, 11) is 0. The Kier molecular flexibility index (Phi) is 5.73. The Morgan fingerprint density at radius 2 is 1.94 bits per heavy atom. The number of aliphatic carboxylic acids is 1. The lowest BCUT2D eigenvalue weighted by Gasteiger charge is -2.14. The van der Waals surface area contributed by atoms with E-state index in [-0.39, 0.29) is 18.8 Å². The molecule has 3 N–H and O–H groups in total. The van der Waals surface area contributed by atoms with Crippen molar-refractivity contribution >= 4 is 16.9 Å². The molecule has 1 unspecified atom stereocenters. The SMILES string of the molecule is CC(N)c1cccc(-c2cc(COc3ccccc3CC(=O)O)cc3ccoc23)c1F. The predicted octanol–water partition coefficient (Wildman–Crippen LogP) is 5.46. The van der Waals surface area contributed by atoms with Gasteiger partial charge in [0.25, 0.3) is 0 Å². The molecule has 3 aromatic carbocycles. The number of para-hydroxylation sites is 1. The lowest BCUT2D eigenvalue weighted by molar-refractivity contribution is -0.136. The molecule has 0 bridgehead atoms. The normalized spacial score (nSPS) is 12.1. The van der Waals surface area contributed by atoms with Gasteiger partial charge in [-0.05, 0) is 36.8 Å². The van der Waals surface area contributed by atoms with Crippen molar-refractivity contribution in [3.05, 3.63) is 89.4 Å². The summed E-state index contributed by atoms with van der Waals surface area (Å²) in [6.07, 6.45) is 1.44. The molecule has 31 heavy (non-hydrogen) atoms. The van der Waals surface area contributed by atoms with E-state index in [1.165, 1.54) is 0 Å². The number of nitrogens with two attached hydrogens (primary N) is 1. The Labute approximate surface area is 178 Å². The van der Waals surface area contributed by atoms with E-state index in [9.17, 15) is 4.79 Å². The summed E-state index contributed by atoms with van der Waals surface area (Å²) in [5.41, 5.74) is 9.35. The fourth-order valence-electron chi connectivity index (χ4n) is 3.65. The van der Waals surface area contributed by atoms with Crippen LogP contribution in [0, 0.1) is 5.82 Å². The number of hydrogen-bond acceptors (Lipinski definition) is 4. The number of benzene rings is 3. The van der Waals surface area contributed by atoms with E-state index < -0.39 is 12.0 Å². The zero-order valence-corrected chi connectivity index (χ0v) is 17.0. The summed E-state index contributed by atoms with van der Waals surface area (Å²) in [4.78, 5) is 11.1. The fraction of sp³-hybridized carbons (Fsp3) is 0.160. The van der Waals surface area contributed by atoms with E-state index in [1.54, 1.807) is 55.7 Å². The number of rotatable bonds is 7. The molecule has 158 valence electrons. The monoisotopic (exact) mass is 419 g/mol. The van der Waals surface area contributed by atoms with Gasteiger partial charge < -0.3 is 20.0 Å². The van der Waals surface area contributed by atoms with Gasteiger partial charge in [0.15, 0.2) is 0 Å². The third-order valence-electron chi connectivity index (χ3n) is 5.13. The average molecular weight is 419 g/mol. The van der Waals surface area contributed by atoms with Gasteiger partial charge in [-0.25, -0.2) is 4.39 Å². The molecule has 1 atom stereocenters. The van der Waals surface area contributed by atoms with Crippen LogP contribution < -0.4 is 10.5 Å². The highest BCUT2D eigenvalue weighted by atomic mass is 19.1. The fourth-order valence-corrected chi connectivity index (χ4v) is 3.65. The van der Waals surface area contributed by atoms with E-state index in [2.05, 4.69) is 0 Å². The second-order valence-corrected chi connectivity index (χ2v) is 7.45. The van der Waals surface area contributed by atoms with Crippen molar-refractivity contribution in [2.45, 2.75) is 26.0 Å². The van der Waals surface area contributed by atoms with E-state index >= 15 is 4.39 Å². The molecule has 4 aromatic rings. The Balaban J connectivity index is 1.71. The summed E-state index contributed by atoms with van der Waals surface area (Å²) < 4.78 is 26.8. The minimum absolute atomic E-state index is 0.128. The maximum atomic E-state index is 15.2. The van der Waals surface area contributed by atoms with Crippen LogP contribution in [0.3, 0.4) is 0 Å². The molecule has 6 heteroatoms. The molecule has 0 saturated heterocycles. The van der Waals surface area contributed by atoms with Crippen molar-refractivity contribution in [1.82, 2.24) is 0 Å². The lowest BCUT2D eigenvalue weighted by Crippen LogP contribution is -2.08. The van der Waals surface area contributed by atoms with Gasteiger partial charge in [0.05, 0.1) is 12.7 Å². The number of hydrogen-bond donors (Lipinski definition) is 2. The Morgan fingerprint density at radius 3 is 2.71 bits per heavy atom. The highest BCUT2D eigenvalue weighted by Gasteiger charge is 2.17. The topological polar surface area (TPSA) is 85.7 Å². The second-order valence-electron chi connectivity index (χ2n) is 7.45. The Hall–Kier alpha value is -3.64. The number of carboxylic acids is 1. The molecule has 1 aromatic heterocycles. The third kappa shape index (κ3) is 4.29. The number of carbonyl (C=O) groups is 1. The van der Waals surface area contributed by atoms with Gasteiger partial charge in [-0.2, -0.15) is 0 Å². The first-order valence-corrected chi connectivity index (χ1v) is 9.91. The quantitative estimate of drug-likeness (QED) is 0.415. The molecule has 0 radical (unpaired) electrons. The summed E-state index contributed by atoms with van der Waals surface area (Å²) in [6.45, 7) is 1.93. The zero-order valence-electron chi connectivity index (χ0n) is 17.0. The highest BCUT2D eigenvalue weighted by molar-refractivity contribution is 5.93. The van der Waals surface area contributed by atoms with E-state index in [1.807, 2.05) is 18.2 Å². The maximum absolute atomic E-state index is 15.2. The van der Waals surface area contributed by atoms with E-state index in [4.69, 9.17) is 20.0 Å². The van der Waals surface area contributed by atoms with Crippen LogP contribution in [-0.4, -0.2) is 11.1 Å². The van der Waals surface area contributed by atoms with Crippen molar-refractivity contribution in [2.75, 3.05) is 0 Å². The molecule has 0 aliphatic rings. The van der Waals surface area contributed by atoms with Crippen LogP contribution in [0.1, 0.15) is 29.7 Å². The van der Waals surface area contributed by atoms with Crippen LogP contribution in [0.15, 0.2) is 71.3 Å². The zero-order chi connectivity index (χ0) is 22.0. The minimum atomic E-state index is -0.928. The van der Waals surface area contributed by atoms with Gasteiger partial charge in [0.1, 0.15) is 23.8 Å². The predicted molar refractivity (Wildman–Crippen MR) is 116 cm³/mol. The van der Waals surface area contributed by atoms with Crippen LogP contribution in [0.25, 0.3) is 22.1 Å².